The molecular weight excluding hydrogens is 702 g/mol. The first-order chi connectivity index (χ1) is 24.4. The van der Waals surface area contributed by atoms with Crippen LogP contribution >= 0.6 is 12.4 Å². The molecule has 52 heavy (non-hydrogen) atoms. The van der Waals surface area contributed by atoms with Gasteiger partial charge in [0, 0.05) is 37.0 Å². The summed E-state index contributed by atoms with van der Waals surface area (Å²) in [4.78, 5) is 30.0. The molecule has 276 valence electrons. The van der Waals surface area contributed by atoms with Gasteiger partial charge in [0.25, 0.3) is 10.0 Å². The van der Waals surface area contributed by atoms with E-state index in [-0.39, 0.29) is 47.3 Å². The van der Waals surface area contributed by atoms with Crippen LogP contribution in [-0.4, -0.2) is 56.6 Å². The van der Waals surface area contributed by atoms with E-state index in [0.29, 0.717) is 24.1 Å². The third-order valence-electron chi connectivity index (χ3n) is 9.57. The van der Waals surface area contributed by atoms with Crippen LogP contribution in [0.5, 0.6) is 5.88 Å². The molecule has 0 aliphatic heterocycles. The molecule has 1 aliphatic carbocycles. The zero-order chi connectivity index (χ0) is 36.3. The Hall–Kier alpha value is -4.59. The molecule has 0 radical (unpaired) electrons. The minimum atomic E-state index is -4.23. The van der Waals surface area contributed by atoms with Gasteiger partial charge in [-0.25, -0.2) is 27.9 Å². The lowest BCUT2D eigenvalue weighted by molar-refractivity contribution is 0.0696. The minimum Gasteiger partial charge on any atom is -0.478 e. The van der Waals surface area contributed by atoms with Crippen LogP contribution in [0.3, 0.4) is 0 Å². The van der Waals surface area contributed by atoms with Crippen LogP contribution in [0.1, 0.15) is 84.7 Å². The van der Waals surface area contributed by atoms with Crippen molar-refractivity contribution in [1.29, 1.82) is 0 Å². The van der Waals surface area contributed by atoms with Gasteiger partial charge < -0.3 is 19.7 Å². The van der Waals surface area contributed by atoms with Gasteiger partial charge in [-0.15, -0.1) is 12.4 Å². The first-order valence-electron chi connectivity index (χ1n) is 17.4. The van der Waals surface area contributed by atoms with Crippen LogP contribution in [0.4, 0.5) is 5.95 Å². The molecule has 12 nitrogen and oxygen atoms in total. The first-order valence-corrected chi connectivity index (χ1v) is 18.9. The summed E-state index contributed by atoms with van der Waals surface area (Å²) in [6.07, 6.45) is 7.51. The number of fused-ring (bicyclic) bond motifs is 1. The van der Waals surface area contributed by atoms with Crippen molar-refractivity contribution < 1.29 is 23.1 Å². The predicted molar refractivity (Wildman–Crippen MR) is 204 cm³/mol. The van der Waals surface area contributed by atoms with Crippen LogP contribution < -0.4 is 14.8 Å². The number of carboxylic acids is 1. The summed E-state index contributed by atoms with van der Waals surface area (Å²) >= 11 is 0. The number of nitrogens with zero attached hydrogens (tertiary/aromatic N) is 5. The Morgan fingerprint density at radius 1 is 1.02 bits per heavy atom. The normalized spacial score (nSPS) is 14.0. The largest absolute Gasteiger partial charge is 0.478 e. The summed E-state index contributed by atoms with van der Waals surface area (Å²) in [5.41, 5.74) is 6.85. The first kappa shape index (κ1) is 38.6. The number of carbonyl (C=O) groups is 1. The average molecular weight is 748 g/mol. The highest BCUT2D eigenvalue weighted by Crippen LogP contribution is 2.31. The number of rotatable bonds is 14. The van der Waals surface area contributed by atoms with Gasteiger partial charge in [0.1, 0.15) is 12.1 Å². The molecule has 2 aromatic carbocycles. The number of ether oxygens (including phenoxy) is 1. The molecule has 6 rings (SSSR count). The second-order valence-electron chi connectivity index (χ2n) is 13.7. The third kappa shape index (κ3) is 8.88. The van der Waals surface area contributed by atoms with Crippen molar-refractivity contribution in [2.75, 3.05) is 11.3 Å². The summed E-state index contributed by atoms with van der Waals surface area (Å²) in [5, 5.41) is 13.1. The van der Waals surface area contributed by atoms with Gasteiger partial charge in [0.05, 0.1) is 28.0 Å². The van der Waals surface area contributed by atoms with Crippen LogP contribution in [-0.2, 0) is 23.6 Å². The van der Waals surface area contributed by atoms with Crippen molar-refractivity contribution in [1.82, 2.24) is 29.8 Å². The van der Waals surface area contributed by atoms with E-state index in [1.807, 2.05) is 45.3 Å². The van der Waals surface area contributed by atoms with Crippen molar-refractivity contribution in [3.05, 3.63) is 88.9 Å². The van der Waals surface area contributed by atoms with E-state index in [9.17, 15) is 18.3 Å². The number of halogens is 1. The maximum atomic E-state index is 13.4. The van der Waals surface area contributed by atoms with E-state index in [4.69, 9.17) is 9.72 Å². The topological polar surface area (TPSA) is 161 Å². The molecule has 1 atom stereocenters. The number of sulfonamides is 1. The standard InChI is InChI=1S/C38H45N7O5S.ClH/c1-23(2)33-18-32-36(45(33)5)41-29(21-40-32)20-39-28(16-26-12-6-7-13-26)22-50-34-19-31(35-24(3)10-8-11-25(35)4)42-38(43-34)44-51(48,49)30-15-9-14-27(17-30)37(46)47;/h8-11,14-15,17-19,21,23,26,28,39H,6-7,12-13,16,20,22H2,1-5H3,(H,46,47)(H,42,43,44);1H/t28-;/m1./s1. The molecule has 0 spiro atoms. The second kappa shape index (κ2) is 16.4. The Kier molecular flexibility index (Phi) is 12.2. The van der Waals surface area contributed by atoms with Crippen molar-refractivity contribution in [3.8, 4) is 17.1 Å². The molecule has 1 aliphatic rings. The molecule has 1 fully saturated rings. The predicted octanol–water partition coefficient (Wildman–Crippen LogP) is 7.20. The summed E-state index contributed by atoms with van der Waals surface area (Å²) in [6.45, 7) is 9.03. The molecule has 0 amide bonds. The number of benzene rings is 2. The van der Waals surface area contributed by atoms with Crippen LogP contribution in [0.15, 0.2) is 65.7 Å². The number of hydrogen-bond acceptors (Lipinski definition) is 9. The Bertz CT molecular complexity index is 2150. The number of aryl methyl sites for hydroxylation is 3. The van der Waals surface area contributed by atoms with Crippen molar-refractivity contribution in [2.24, 2.45) is 13.0 Å². The fourth-order valence-electron chi connectivity index (χ4n) is 6.93. The van der Waals surface area contributed by atoms with Crippen LogP contribution in [0.25, 0.3) is 22.4 Å². The van der Waals surface area contributed by atoms with E-state index in [1.165, 1.54) is 49.6 Å². The number of anilines is 1. The molecule has 0 bridgehead atoms. The average Bonchev–Trinajstić information content (AvgIpc) is 3.73. The Morgan fingerprint density at radius 2 is 1.73 bits per heavy atom. The quantitative estimate of drug-likeness (QED) is 0.106. The summed E-state index contributed by atoms with van der Waals surface area (Å²) < 4.78 is 37.8. The Labute approximate surface area is 310 Å². The van der Waals surface area contributed by atoms with E-state index < -0.39 is 16.0 Å². The van der Waals surface area contributed by atoms with Gasteiger partial charge in [0.2, 0.25) is 11.8 Å². The van der Waals surface area contributed by atoms with Gasteiger partial charge in [-0.3, -0.25) is 4.98 Å². The molecule has 3 N–H and O–H groups in total. The minimum absolute atomic E-state index is 0. The maximum absolute atomic E-state index is 13.4. The number of nitrogens with one attached hydrogen (secondary N) is 2. The lowest BCUT2D eigenvalue weighted by atomic mass is 9.98. The van der Waals surface area contributed by atoms with Crippen LogP contribution in [0.2, 0.25) is 0 Å². The molecule has 5 aromatic rings. The van der Waals surface area contributed by atoms with Crippen LogP contribution in [0, 0.1) is 19.8 Å². The number of carboxylic acid groups (broad SMARTS) is 1. The fourth-order valence-corrected chi connectivity index (χ4v) is 7.92. The summed E-state index contributed by atoms with van der Waals surface area (Å²) in [6, 6.07) is 14.8. The van der Waals surface area contributed by atoms with Gasteiger partial charge in [-0.2, -0.15) is 4.98 Å². The Morgan fingerprint density at radius 3 is 2.42 bits per heavy atom. The fraction of sp³-hybridized carbons (Fsp3) is 0.395. The molecule has 3 aromatic heterocycles. The van der Waals surface area contributed by atoms with Gasteiger partial charge in [-0.1, -0.05) is 63.8 Å². The molecule has 0 unspecified atom stereocenters. The van der Waals surface area contributed by atoms with Crippen molar-refractivity contribution in [3.63, 3.8) is 0 Å². The molecule has 3 heterocycles. The van der Waals surface area contributed by atoms with E-state index in [0.717, 1.165) is 46.0 Å². The van der Waals surface area contributed by atoms with Gasteiger partial charge in [0.15, 0.2) is 5.65 Å². The van der Waals surface area contributed by atoms with E-state index in [2.05, 4.69) is 49.5 Å². The highest BCUT2D eigenvalue weighted by molar-refractivity contribution is 7.92. The highest BCUT2D eigenvalue weighted by atomic mass is 35.5. The monoisotopic (exact) mass is 747 g/mol. The summed E-state index contributed by atoms with van der Waals surface area (Å²) in [7, 11) is -2.21. The number of aromatic carboxylic acids is 1. The number of aromatic nitrogens is 5. The van der Waals surface area contributed by atoms with E-state index in [1.54, 1.807) is 6.07 Å². The lowest BCUT2D eigenvalue weighted by Gasteiger charge is -2.22. The zero-order valence-corrected chi connectivity index (χ0v) is 31.7. The molecule has 0 saturated heterocycles. The number of hydrogen-bond donors (Lipinski definition) is 3. The SMILES string of the molecule is Cc1cccc(C)c1-c1cc(OC[C@@H](CC2CCCC2)NCc2cnc3cc(C(C)C)n(C)c3n2)nc(NS(=O)(=O)c2cccc(C(=O)O)c2)n1.Cl. The van der Waals surface area contributed by atoms with Crippen molar-refractivity contribution in [2.45, 2.75) is 83.2 Å². The molecular formula is C38H46ClN7O5S. The highest BCUT2D eigenvalue weighted by Gasteiger charge is 2.23. The van der Waals surface area contributed by atoms with Gasteiger partial charge >= 0.3 is 5.97 Å². The molecule has 14 heteroatoms. The third-order valence-corrected chi connectivity index (χ3v) is 10.9. The van der Waals surface area contributed by atoms with Crippen molar-refractivity contribution >= 4 is 45.5 Å². The lowest BCUT2D eigenvalue weighted by Crippen LogP contribution is -2.36. The second-order valence-corrected chi connectivity index (χ2v) is 15.4. The Balaban J connectivity index is 0.00000523. The molecule has 1 saturated carbocycles. The van der Waals surface area contributed by atoms with E-state index >= 15 is 0 Å². The smallest absolute Gasteiger partial charge is 0.335 e. The van der Waals surface area contributed by atoms with Gasteiger partial charge in [-0.05, 0) is 67.5 Å². The zero-order valence-electron chi connectivity index (χ0n) is 30.1. The summed E-state index contributed by atoms with van der Waals surface area (Å²) in [5.74, 6) is -0.274. The maximum Gasteiger partial charge on any atom is 0.335 e.